The van der Waals surface area contributed by atoms with Crippen LogP contribution in [-0.2, 0) is 11.2 Å². The fourth-order valence-corrected chi connectivity index (χ4v) is 2.01. The summed E-state index contributed by atoms with van der Waals surface area (Å²) in [6.45, 7) is 0. The Balaban J connectivity index is 3.21. The molecule has 0 spiro atoms. The Kier molecular flexibility index (Phi) is 3.89. The number of rotatable bonds is 2. The lowest BCUT2D eigenvalue weighted by atomic mass is 10.1. The Morgan fingerprint density at radius 3 is 2.79 bits per heavy atom. The fraction of sp³-hybridized carbons (Fsp3) is 0.111. The summed E-state index contributed by atoms with van der Waals surface area (Å²) in [4.78, 5) is 10.5. The highest BCUT2D eigenvalue weighted by Crippen LogP contribution is 2.25. The molecule has 0 amide bonds. The van der Waals surface area contributed by atoms with Gasteiger partial charge in [-0.15, -0.1) is 0 Å². The van der Waals surface area contributed by atoms with Crippen LogP contribution in [0, 0.1) is 14.9 Å². The van der Waals surface area contributed by atoms with E-state index in [0.29, 0.717) is 11.1 Å². The quantitative estimate of drug-likeness (QED) is 0.819. The van der Waals surface area contributed by atoms with Crippen molar-refractivity contribution in [1.29, 1.82) is 5.26 Å². The van der Waals surface area contributed by atoms with Gasteiger partial charge in [-0.1, -0.05) is 0 Å². The summed E-state index contributed by atoms with van der Waals surface area (Å²) < 4.78 is 1.59. The van der Waals surface area contributed by atoms with Crippen LogP contribution in [-0.4, -0.2) is 11.1 Å². The van der Waals surface area contributed by atoms with Crippen molar-refractivity contribution >= 4 is 44.5 Å². The number of benzene rings is 1. The summed E-state index contributed by atoms with van der Waals surface area (Å²) in [6, 6.07) is 5.25. The van der Waals surface area contributed by atoms with Crippen LogP contribution in [0.25, 0.3) is 0 Å². The number of nitriles is 1. The lowest BCUT2D eigenvalue weighted by Gasteiger charge is -2.04. The molecule has 3 nitrogen and oxygen atoms in total. The van der Waals surface area contributed by atoms with E-state index in [9.17, 15) is 4.79 Å². The van der Waals surface area contributed by atoms with E-state index in [0.717, 1.165) is 8.04 Å². The number of hydrogen-bond acceptors (Lipinski definition) is 2. The van der Waals surface area contributed by atoms with Gasteiger partial charge >= 0.3 is 5.97 Å². The van der Waals surface area contributed by atoms with Crippen molar-refractivity contribution in [3.8, 4) is 6.07 Å². The third-order valence-corrected chi connectivity index (χ3v) is 4.21. The van der Waals surface area contributed by atoms with Crippen LogP contribution in [0.15, 0.2) is 16.6 Å². The molecule has 5 heteroatoms. The zero-order valence-electron chi connectivity index (χ0n) is 6.92. The zero-order chi connectivity index (χ0) is 10.7. The highest BCUT2D eigenvalue weighted by Gasteiger charge is 2.09. The van der Waals surface area contributed by atoms with Crippen LogP contribution in [0.4, 0.5) is 0 Å². The maximum absolute atomic E-state index is 10.5. The van der Waals surface area contributed by atoms with Crippen molar-refractivity contribution in [2.45, 2.75) is 6.42 Å². The summed E-state index contributed by atoms with van der Waals surface area (Å²) in [5.41, 5.74) is 1.12. The van der Waals surface area contributed by atoms with Gasteiger partial charge in [-0.2, -0.15) is 5.26 Å². The van der Waals surface area contributed by atoms with Crippen LogP contribution in [0.1, 0.15) is 11.1 Å². The monoisotopic (exact) mass is 365 g/mol. The molecule has 1 rings (SSSR count). The van der Waals surface area contributed by atoms with Crippen molar-refractivity contribution in [2.75, 3.05) is 0 Å². The van der Waals surface area contributed by atoms with E-state index in [-0.39, 0.29) is 6.42 Å². The van der Waals surface area contributed by atoms with Crippen LogP contribution in [0.5, 0.6) is 0 Å². The Morgan fingerprint density at radius 1 is 1.64 bits per heavy atom. The molecule has 0 bridgehead atoms. The zero-order valence-corrected chi connectivity index (χ0v) is 10.7. The van der Waals surface area contributed by atoms with E-state index < -0.39 is 5.97 Å². The van der Waals surface area contributed by atoms with Gasteiger partial charge in [0.2, 0.25) is 0 Å². The Hall–Kier alpha value is -0.610. The molecular formula is C9H5BrINO2. The summed E-state index contributed by atoms with van der Waals surface area (Å²) in [7, 11) is 0. The van der Waals surface area contributed by atoms with Gasteiger partial charge in [0.05, 0.1) is 18.1 Å². The molecule has 0 fully saturated rings. The van der Waals surface area contributed by atoms with Gasteiger partial charge in [0.25, 0.3) is 0 Å². The maximum atomic E-state index is 10.5. The standard InChI is InChI=1S/C9H5BrINO2/c10-7-2-5(4-12)1-6(9(7)11)3-8(13)14/h1-2H,3H2,(H,13,14). The SMILES string of the molecule is N#Cc1cc(Br)c(I)c(CC(=O)O)c1. The van der Waals surface area contributed by atoms with Gasteiger partial charge in [-0.25, -0.2) is 0 Å². The van der Waals surface area contributed by atoms with Gasteiger partial charge in [0, 0.05) is 8.04 Å². The van der Waals surface area contributed by atoms with Crippen LogP contribution < -0.4 is 0 Å². The molecular weight excluding hydrogens is 361 g/mol. The van der Waals surface area contributed by atoms with Crippen LogP contribution in [0.3, 0.4) is 0 Å². The third kappa shape index (κ3) is 2.69. The molecule has 1 aromatic carbocycles. The number of carboxylic acid groups (broad SMARTS) is 1. The fourth-order valence-electron chi connectivity index (χ4n) is 1.00. The Bertz CT molecular complexity index is 426. The number of carboxylic acids is 1. The Labute approximate surface area is 103 Å². The van der Waals surface area contributed by atoms with Crippen molar-refractivity contribution in [3.63, 3.8) is 0 Å². The smallest absolute Gasteiger partial charge is 0.307 e. The van der Waals surface area contributed by atoms with Crippen molar-refractivity contribution in [1.82, 2.24) is 0 Å². The van der Waals surface area contributed by atoms with Crippen molar-refractivity contribution < 1.29 is 9.90 Å². The second-order valence-electron chi connectivity index (χ2n) is 2.61. The molecule has 0 aliphatic heterocycles. The van der Waals surface area contributed by atoms with Crippen LogP contribution in [0.2, 0.25) is 0 Å². The van der Waals surface area contributed by atoms with E-state index in [1.54, 1.807) is 12.1 Å². The topological polar surface area (TPSA) is 61.1 Å². The van der Waals surface area contributed by atoms with Gasteiger partial charge in [-0.05, 0) is 56.2 Å². The first kappa shape index (κ1) is 11.5. The average Bonchev–Trinajstić information content (AvgIpc) is 2.11. The van der Waals surface area contributed by atoms with Gasteiger partial charge in [0.15, 0.2) is 0 Å². The highest BCUT2D eigenvalue weighted by molar-refractivity contribution is 14.1. The normalized spacial score (nSPS) is 9.50. The largest absolute Gasteiger partial charge is 0.481 e. The third-order valence-electron chi connectivity index (χ3n) is 1.57. The van der Waals surface area contributed by atoms with Gasteiger partial charge in [0.1, 0.15) is 0 Å². The number of nitrogens with zero attached hydrogens (tertiary/aromatic N) is 1. The highest BCUT2D eigenvalue weighted by atomic mass is 127. The molecule has 0 unspecified atom stereocenters. The number of aliphatic carboxylic acids is 1. The van der Waals surface area contributed by atoms with Crippen molar-refractivity contribution in [2.24, 2.45) is 0 Å². The summed E-state index contributed by atoms with van der Waals surface area (Å²) in [5.74, 6) is -0.898. The van der Waals surface area contributed by atoms with E-state index in [1.165, 1.54) is 0 Å². The van der Waals surface area contributed by atoms with E-state index in [2.05, 4.69) is 38.5 Å². The molecule has 0 radical (unpaired) electrons. The molecule has 72 valence electrons. The minimum Gasteiger partial charge on any atom is -0.481 e. The molecule has 0 aliphatic carbocycles. The van der Waals surface area contributed by atoms with Crippen molar-refractivity contribution in [3.05, 3.63) is 31.3 Å². The first-order valence-electron chi connectivity index (χ1n) is 3.64. The number of halogens is 2. The lowest BCUT2D eigenvalue weighted by Crippen LogP contribution is -2.02. The molecule has 14 heavy (non-hydrogen) atoms. The second kappa shape index (κ2) is 4.75. The molecule has 1 aromatic rings. The van der Waals surface area contributed by atoms with Gasteiger partial charge < -0.3 is 5.11 Å². The second-order valence-corrected chi connectivity index (χ2v) is 4.55. The molecule has 0 aliphatic rings. The molecule has 0 heterocycles. The first-order valence-corrected chi connectivity index (χ1v) is 5.51. The van der Waals surface area contributed by atoms with E-state index >= 15 is 0 Å². The predicted octanol–water partition coefficient (Wildman–Crippen LogP) is 2.55. The van der Waals surface area contributed by atoms with Crippen LogP contribution >= 0.6 is 38.5 Å². The molecule has 0 atom stereocenters. The first-order chi connectivity index (χ1) is 6.54. The minimum absolute atomic E-state index is 0.0631. The Morgan fingerprint density at radius 2 is 2.29 bits per heavy atom. The number of hydrogen-bond donors (Lipinski definition) is 1. The summed E-state index contributed by atoms with van der Waals surface area (Å²) >= 11 is 5.33. The summed E-state index contributed by atoms with van der Waals surface area (Å²) in [5, 5.41) is 17.3. The predicted molar refractivity (Wildman–Crippen MR) is 62.9 cm³/mol. The lowest BCUT2D eigenvalue weighted by molar-refractivity contribution is -0.136. The van der Waals surface area contributed by atoms with E-state index in [4.69, 9.17) is 10.4 Å². The summed E-state index contributed by atoms with van der Waals surface area (Å²) in [6.07, 6.45) is -0.0631. The number of carbonyl (C=O) groups is 1. The molecule has 0 saturated carbocycles. The maximum Gasteiger partial charge on any atom is 0.307 e. The van der Waals surface area contributed by atoms with E-state index in [1.807, 2.05) is 6.07 Å². The molecule has 0 saturated heterocycles. The average molecular weight is 366 g/mol. The van der Waals surface area contributed by atoms with Gasteiger partial charge in [-0.3, -0.25) is 4.79 Å². The molecule has 0 aromatic heterocycles. The minimum atomic E-state index is -0.898. The molecule has 1 N–H and O–H groups in total.